The molecule has 6 nitrogen and oxygen atoms in total. The van der Waals surface area contributed by atoms with Gasteiger partial charge in [-0.1, -0.05) is 0 Å². The van der Waals surface area contributed by atoms with Crippen molar-refractivity contribution in [1.29, 1.82) is 0 Å². The molecule has 19 heavy (non-hydrogen) atoms. The summed E-state index contributed by atoms with van der Waals surface area (Å²) in [5.41, 5.74) is 0.261. The minimum Gasteiger partial charge on any atom is -0.446 e. The van der Waals surface area contributed by atoms with E-state index in [1.807, 2.05) is 27.7 Å². The van der Waals surface area contributed by atoms with Crippen LogP contribution in [-0.2, 0) is 9.47 Å². The number of ether oxygens (including phenoxy) is 2. The number of oxazole rings is 1. The Labute approximate surface area is 112 Å². The number of aromatic nitrogens is 1. The molecule has 0 spiro atoms. The molecule has 0 radical (unpaired) electrons. The summed E-state index contributed by atoms with van der Waals surface area (Å²) in [6, 6.07) is -0.322. The van der Waals surface area contributed by atoms with E-state index >= 15 is 0 Å². The topological polar surface area (TPSA) is 64.8 Å². The highest BCUT2D eigenvalue weighted by Gasteiger charge is 2.34. The summed E-state index contributed by atoms with van der Waals surface area (Å²) in [4.78, 5) is 18.1. The van der Waals surface area contributed by atoms with Gasteiger partial charge >= 0.3 is 6.09 Å². The third-order valence-corrected chi connectivity index (χ3v) is 2.68. The molecule has 2 rings (SSSR count). The maximum Gasteiger partial charge on any atom is 0.411 e. The van der Waals surface area contributed by atoms with Gasteiger partial charge in [0.25, 0.3) is 0 Å². The molecule has 1 aliphatic heterocycles. The second-order valence-corrected chi connectivity index (χ2v) is 5.59. The number of nitrogens with zero attached hydrogens (tertiary/aromatic N) is 2. The largest absolute Gasteiger partial charge is 0.446 e. The fourth-order valence-corrected chi connectivity index (χ4v) is 1.87. The lowest BCUT2D eigenvalue weighted by molar-refractivity contribution is -0.0390. The van der Waals surface area contributed by atoms with Gasteiger partial charge in [-0.15, -0.1) is 0 Å². The predicted octanol–water partition coefficient (Wildman–Crippen LogP) is 2.29. The number of amides is 1. The summed E-state index contributed by atoms with van der Waals surface area (Å²) in [7, 11) is 0. The molecule has 2 heterocycles. The third kappa shape index (κ3) is 3.47. The third-order valence-electron chi connectivity index (χ3n) is 2.68. The number of morpholine rings is 1. The normalized spacial score (nSPS) is 20.4. The quantitative estimate of drug-likeness (QED) is 0.782. The van der Waals surface area contributed by atoms with E-state index in [0.29, 0.717) is 25.6 Å². The minimum absolute atomic E-state index is 0.322. The van der Waals surface area contributed by atoms with Gasteiger partial charge in [-0.3, -0.25) is 4.90 Å². The standard InChI is InChI=1S/C13H20N2O4/c1-9-7-18-11(14-9)10-8-17-6-5-15(10)12(16)19-13(2,3)4/h7,10H,5-6,8H2,1-4H3. The Kier molecular flexibility index (Phi) is 3.80. The van der Waals surface area contributed by atoms with Gasteiger partial charge in [0.15, 0.2) is 0 Å². The molecule has 0 N–H and O–H groups in total. The van der Waals surface area contributed by atoms with E-state index in [0.717, 1.165) is 5.69 Å². The maximum atomic E-state index is 12.2. The molecule has 1 amide bonds. The van der Waals surface area contributed by atoms with Crippen LogP contribution in [0.25, 0.3) is 0 Å². The molecule has 1 saturated heterocycles. The summed E-state index contributed by atoms with van der Waals surface area (Å²) in [5.74, 6) is 0.489. The van der Waals surface area contributed by atoms with Gasteiger partial charge in [-0.2, -0.15) is 0 Å². The Hall–Kier alpha value is -1.56. The van der Waals surface area contributed by atoms with Crippen LogP contribution in [0.1, 0.15) is 38.4 Å². The molecule has 1 unspecified atom stereocenters. The SMILES string of the molecule is Cc1coc(C2COCCN2C(=O)OC(C)(C)C)n1. The van der Waals surface area contributed by atoms with Crippen molar-refractivity contribution in [1.82, 2.24) is 9.88 Å². The van der Waals surface area contributed by atoms with Crippen molar-refractivity contribution < 1.29 is 18.7 Å². The van der Waals surface area contributed by atoms with Crippen LogP contribution < -0.4 is 0 Å². The van der Waals surface area contributed by atoms with Crippen LogP contribution in [-0.4, -0.2) is 41.3 Å². The van der Waals surface area contributed by atoms with Crippen molar-refractivity contribution in [3.8, 4) is 0 Å². The van der Waals surface area contributed by atoms with Crippen LogP contribution in [0.15, 0.2) is 10.7 Å². The molecule has 1 aromatic heterocycles. The number of carbonyl (C=O) groups is 1. The van der Waals surface area contributed by atoms with Crippen LogP contribution in [0, 0.1) is 6.92 Å². The van der Waals surface area contributed by atoms with Gasteiger partial charge in [0, 0.05) is 6.54 Å². The van der Waals surface area contributed by atoms with Crippen molar-refractivity contribution in [3.05, 3.63) is 17.8 Å². The van der Waals surface area contributed by atoms with Gasteiger partial charge in [0.1, 0.15) is 17.9 Å². The summed E-state index contributed by atoms with van der Waals surface area (Å²) in [5, 5.41) is 0. The average molecular weight is 268 g/mol. The van der Waals surface area contributed by atoms with E-state index in [-0.39, 0.29) is 12.1 Å². The lowest BCUT2D eigenvalue weighted by Crippen LogP contribution is -2.45. The highest BCUT2D eigenvalue weighted by atomic mass is 16.6. The number of carbonyl (C=O) groups excluding carboxylic acids is 1. The minimum atomic E-state index is -0.521. The summed E-state index contributed by atoms with van der Waals surface area (Å²) in [6.07, 6.45) is 1.20. The molecule has 0 aliphatic carbocycles. The Balaban J connectivity index is 2.14. The zero-order chi connectivity index (χ0) is 14.0. The Morgan fingerprint density at radius 3 is 2.84 bits per heavy atom. The average Bonchev–Trinajstić information content (AvgIpc) is 2.73. The molecular formula is C13H20N2O4. The van der Waals surface area contributed by atoms with Crippen LogP contribution in [0.5, 0.6) is 0 Å². The number of rotatable bonds is 1. The molecule has 6 heteroatoms. The van der Waals surface area contributed by atoms with Crippen LogP contribution in [0.4, 0.5) is 4.79 Å². The molecule has 1 fully saturated rings. The van der Waals surface area contributed by atoms with Crippen LogP contribution >= 0.6 is 0 Å². The molecule has 1 aromatic rings. The summed E-state index contributed by atoms with van der Waals surface area (Å²) >= 11 is 0. The second-order valence-electron chi connectivity index (χ2n) is 5.59. The van der Waals surface area contributed by atoms with Gasteiger partial charge < -0.3 is 13.9 Å². The molecule has 0 bridgehead atoms. The fraction of sp³-hybridized carbons (Fsp3) is 0.692. The summed E-state index contributed by atoms with van der Waals surface area (Å²) < 4.78 is 16.2. The van der Waals surface area contributed by atoms with E-state index < -0.39 is 5.60 Å². The van der Waals surface area contributed by atoms with E-state index in [1.165, 1.54) is 0 Å². The van der Waals surface area contributed by atoms with Crippen molar-refractivity contribution in [2.24, 2.45) is 0 Å². The molecule has 0 saturated carbocycles. The molecule has 106 valence electrons. The zero-order valence-electron chi connectivity index (χ0n) is 11.8. The molecule has 1 aliphatic rings. The maximum absolute atomic E-state index is 12.2. The van der Waals surface area contributed by atoms with Gasteiger partial charge in [0.2, 0.25) is 5.89 Å². The molecular weight excluding hydrogens is 248 g/mol. The lowest BCUT2D eigenvalue weighted by atomic mass is 10.2. The zero-order valence-corrected chi connectivity index (χ0v) is 11.8. The van der Waals surface area contributed by atoms with E-state index in [1.54, 1.807) is 11.2 Å². The number of hydrogen-bond acceptors (Lipinski definition) is 5. The Morgan fingerprint density at radius 2 is 2.26 bits per heavy atom. The second kappa shape index (κ2) is 5.21. The van der Waals surface area contributed by atoms with Crippen molar-refractivity contribution >= 4 is 6.09 Å². The van der Waals surface area contributed by atoms with E-state index in [9.17, 15) is 4.79 Å². The first-order valence-electron chi connectivity index (χ1n) is 6.36. The fourth-order valence-electron chi connectivity index (χ4n) is 1.87. The molecule has 1 atom stereocenters. The van der Waals surface area contributed by atoms with E-state index in [4.69, 9.17) is 13.9 Å². The van der Waals surface area contributed by atoms with E-state index in [2.05, 4.69) is 4.98 Å². The van der Waals surface area contributed by atoms with Gasteiger partial charge in [0.05, 0.1) is 18.9 Å². The van der Waals surface area contributed by atoms with Crippen molar-refractivity contribution in [2.75, 3.05) is 19.8 Å². The first-order valence-corrected chi connectivity index (χ1v) is 6.36. The van der Waals surface area contributed by atoms with Crippen molar-refractivity contribution in [3.63, 3.8) is 0 Å². The van der Waals surface area contributed by atoms with Gasteiger partial charge in [-0.25, -0.2) is 9.78 Å². The smallest absolute Gasteiger partial charge is 0.411 e. The molecule has 0 aromatic carbocycles. The number of hydrogen-bond donors (Lipinski definition) is 0. The predicted molar refractivity (Wildman–Crippen MR) is 67.7 cm³/mol. The van der Waals surface area contributed by atoms with Gasteiger partial charge in [-0.05, 0) is 27.7 Å². The Morgan fingerprint density at radius 1 is 1.53 bits per heavy atom. The van der Waals surface area contributed by atoms with Crippen molar-refractivity contribution in [2.45, 2.75) is 39.3 Å². The highest BCUT2D eigenvalue weighted by Crippen LogP contribution is 2.25. The van der Waals surface area contributed by atoms with Crippen LogP contribution in [0.3, 0.4) is 0 Å². The highest BCUT2D eigenvalue weighted by molar-refractivity contribution is 5.68. The number of aryl methyl sites for hydroxylation is 1. The first-order chi connectivity index (χ1) is 8.87. The lowest BCUT2D eigenvalue weighted by Gasteiger charge is -2.34. The Bertz CT molecular complexity index is 450. The first kappa shape index (κ1) is 13.9. The monoisotopic (exact) mass is 268 g/mol. The summed E-state index contributed by atoms with van der Waals surface area (Å²) in [6.45, 7) is 8.71. The van der Waals surface area contributed by atoms with Crippen LogP contribution in [0.2, 0.25) is 0 Å².